The van der Waals surface area contributed by atoms with Gasteiger partial charge in [-0.15, -0.1) is 0 Å². The fourth-order valence-electron chi connectivity index (χ4n) is 4.08. The molecule has 0 unspecified atom stereocenters. The number of amides is 1. The van der Waals surface area contributed by atoms with Crippen LogP contribution >= 0.6 is 0 Å². The Morgan fingerprint density at radius 1 is 1.18 bits per heavy atom. The van der Waals surface area contributed by atoms with Crippen LogP contribution < -0.4 is 16.4 Å². The van der Waals surface area contributed by atoms with Gasteiger partial charge in [-0.05, 0) is 50.2 Å². The summed E-state index contributed by atoms with van der Waals surface area (Å²) in [6, 6.07) is 4.34. The summed E-state index contributed by atoms with van der Waals surface area (Å²) in [5, 5.41) is 16.6. The molecular weight excluding hydrogens is 356 g/mol. The highest BCUT2D eigenvalue weighted by Crippen LogP contribution is 2.25. The maximum absolute atomic E-state index is 11.8. The third-order valence-corrected chi connectivity index (χ3v) is 5.56. The minimum absolute atomic E-state index is 0.0651. The number of pyridine rings is 1. The number of carbonyl (C=O) groups excluding carboxylic acids is 1. The Bertz CT molecular complexity index is 858. The zero-order valence-corrected chi connectivity index (χ0v) is 15.8. The van der Waals surface area contributed by atoms with Gasteiger partial charge in [-0.1, -0.05) is 6.07 Å². The van der Waals surface area contributed by atoms with Gasteiger partial charge < -0.3 is 21.5 Å². The van der Waals surface area contributed by atoms with Crippen LogP contribution in [-0.2, 0) is 12.8 Å². The van der Waals surface area contributed by atoms with Crippen LogP contribution in [0, 0.1) is 0 Å². The molecule has 0 aliphatic heterocycles. The molecule has 0 bridgehead atoms. The molecule has 148 valence electrons. The van der Waals surface area contributed by atoms with Crippen molar-refractivity contribution in [3.05, 3.63) is 41.3 Å². The molecule has 2 aliphatic rings. The molecule has 0 aromatic carbocycles. The number of hydrogen-bond donors (Lipinski definition) is 4. The summed E-state index contributed by atoms with van der Waals surface area (Å²) in [4.78, 5) is 25.1. The van der Waals surface area contributed by atoms with Crippen LogP contribution in [0.25, 0.3) is 0 Å². The number of primary amides is 1. The number of aryl methyl sites for hydroxylation is 1. The zero-order chi connectivity index (χ0) is 19.5. The lowest BCUT2D eigenvalue weighted by Crippen LogP contribution is -2.32. The van der Waals surface area contributed by atoms with Crippen molar-refractivity contribution in [3.8, 4) is 0 Å². The summed E-state index contributed by atoms with van der Waals surface area (Å²) in [6.45, 7) is 0. The molecule has 1 amide bonds. The van der Waals surface area contributed by atoms with Crippen molar-refractivity contribution in [2.45, 2.75) is 63.1 Å². The lowest BCUT2D eigenvalue weighted by Gasteiger charge is -2.28. The van der Waals surface area contributed by atoms with E-state index in [2.05, 4.69) is 31.7 Å². The molecule has 0 radical (unpaired) electrons. The van der Waals surface area contributed by atoms with Gasteiger partial charge in [0.2, 0.25) is 5.95 Å². The second-order valence-corrected chi connectivity index (χ2v) is 7.68. The fourth-order valence-corrected chi connectivity index (χ4v) is 4.08. The second kappa shape index (κ2) is 8.10. The van der Waals surface area contributed by atoms with Gasteiger partial charge in [-0.25, -0.2) is 4.98 Å². The van der Waals surface area contributed by atoms with E-state index < -0.39 is 5.91 Å². The van der Waals surface area contributed by atoms with Crippen molar-refractivity contribution >= 4 is 17.7 Å². The first kappa shape index (κ1) is 18.6. The molecule has 4 rings (SSSR count). The number of nitrogens with one attached hydrogen (secondary N) is 2. The molecule has 8 nitrogen and oxygen atoms in total. The Kier molecular flexibility index (Phi) is 5.38. The third kappa shape index (κ3) is 4.22. The number of anilines is 2. The topological polar surface area (TPSA) is 126 Å². The van der Waals surface area contributed by atoms with Crippen molar-refractivity contribution in [1.82, 2.24) is 15.0 Å². The van der Waals surface area contributed by atoms with Crippen LogP contribution in [0.5, 0.6) is 0 Å². The maximum Gasteiger partial charge on any atom is 0.254 e. The van der Waals surface area contributed by atoms with Crippen molar-refractivity contribution in [2.75, 3.05) is 10.6 Å². The van der Waals surface area contributed by atoms with Crippen LogP contribution in [0.4, 0.5) is 11.8 Å². The Balaban J connectivity index is 1.49. The zero-order valence-electron chi connectivity index (χ0n) is 15.8. The Labute approximate surface area is 164 Å². The SMILES string of the molecule is NC(=O)c1cnc(N[C@@H]2CCc3cccnc3C2)nc1N[C@@H]1CCC[C@H](O)C1. The van der Waals surface area contributed by atoms with Gasteiger partial charge in [-0.2, -0.15) is 4.98 Å². The fraction of sp³-hybridized carbons (Fsp3) is 0.500. The number of aromatic nitrogens is 3. The highest BCUT2D eigenvalue weighted by atomic mass is 16.3. The number of rotatable bonds is 5. The molecule has 28 heavy (non-hydrogen) atoms. The number of nitrogens with two attached hydrogens (primary N) is 1. The largest absolute Gasteiger partial charge is 0.393 e. The Morgan fingerprint density at radius 3 is 2.89 bits per heavy atom. The van der Waals surface area contributed by atoms with Crippen LogP contribution in [0.2, 0.25) is 0 Å². The minimum atomic E-state index is -0.568. The highest BCUT2D eigenvalue weighted by molar-refractivity contribution is 5.97. The molecule has 1 saturated carbocycles. The average Bonchev–Trinajstić information content (AvgIpc) is 2.68. The van der Waals surface area contributed by atoms with E-state index in [1.54, 1.807) is 0 Å². The molecule has 0 spiro atoms. The molecule has 2 aliphatic carbocycles. The van der Waals surface area contributed by atoms with Crippen LogP contribution in [0.3, 0.4) is 0 Å². The number of aliphatic hydroxyl groups excluding tert-OH is 1. The van der Waals surface area contributed by atoms with Gasteiger partial charge in [0.15, 0.2) is 0 Å². The highest BCUT2D eigenvalue weighted by Gasteiger charge is 2.24. The van der Waals surface area contributed by atoms with Crippen LogP contribution in [0.15, 0.2) is 24.5 Å². The standard InChI is InChI=1S/C20H26N6O2/c21-18(28)16-11-23-20(26-19(16)24-13-4-1-5-15(27)9-13)25-14-7-6-12-3-2-8-22-17(12)10-14/h2-3,8,11,13-15,27H,1,4-7,9-10H2,(H2,21,28)(H2,23,24,25,26)/t13-,14-,15+/m1/s1. The first-order valence-corrected chi connectivity index (χ1v) is 9.89. The molecule has 2 aromatic heterocycles. The number of nitrogens with zero attached hydrogens (tertiary/aromatic N) is 3. The van der Waals surface area contributed by atoms with Crippen LogP contribution in [0.1, 0.15) is 53.7 Å². The van der Waals surface area contributed by atoms with Gasteiger partial charge in [0.05, 0.1) is 11.7 Å². The smallest absolute Gasteiger partial charge is 0.254 e. The monoisotopic (exact) mass is 382 g/mol. The summed E-state index contributed by atoms with van der Waals surface area (Å²) in [5.74, 6) is 0.327. The van der Waals surface area contributed by atoms with Gasteiger partial charge >= 0.3 is 0 Å². The molecule has 5 N–H and O–H groups in total. The molecule has 3 atom stereocenters. The van der Waals surface area contributed by atoms with Gasteiger partial charge in [0.25, 0.3) is 5.91 Å². The van der Waals surface area contributed by atoms with Gasteiger partial charge in [-0.3, -0.25) is 9.78 Å². The van der Waals surface area contributed by atoms with E-state index in [1.807, 2.05) is 12.3 Å². The van der Waals surface area contributed by atoms with E-state index >= 15 is 0 Å². The lowest BCUT2D eigenvalue weighted by molar-refractivity contribution is 0.100. The summed E-state index contributed by atoms with van der Waals surface area (Å²) in [6.07, 6.45) is 9.02. The lowest BCUT2D eigenvalue weighted by atomic mass is 9.92. The Hall–Kier alpha value is -2.74. The predicted molar refractivity (Wildman–Crippen MR) is 106 cm³/mol. The van der Waals surface area contributed by atoms with Crippen molar-refractivity contribution in [1.29, 1.82) is 0 Å². The number of hydrogen-bond acceptors (Lipinski definition) is 7. The summed E-state index contributed by atoms with van der Waals surface area (Å²) < 4.78 is 0. The van der Waals surface area contributed by atoms with Crippen molar-refractivity contribution in [3.63, 3.8) is 0 Å². The maximum atomic E-state index is 11.8. The van der Waals surface area contributed by atoms with Crippen molar-refractivity contribution < 1.29 is 9.90 Å². The van der Waals surface area contributed by atoms with E-state index in [4.69, 9.17) is 5.73 Å². The van der Waals surface area contributed by atoms with E-state index in [9.17, 15) is 9.90 Å². The van der Waals surface area contributed by atoms with Gasteiger partial charge in [0, 0.05) is 36.6 Å². The van der Waals surface area contributed by atoms with Gasteiger partial charge in [0.1, 0.15) is 5.82 Å². The first-order chi connectivity index (χ1) is 13.6. The van der Waals surface area contributed by atoms with Crippen LogP contribution in [-0.4, -0.2) is 44.2 Å². The molecule has 1 fully saturated rings. The molecule has 0 saturated heterocycles. The predicted octanol–water partition coefficient (Wildman–Crippen LogP) is 1.66. The summed E-state index contributed by atoms with van der Waals surface area (Å²) in [5.41, 5.74) is 8.16. The summed E-state index contributed by atoms with van der Waals surface area (Å²) >= 11 is 0. The number of fused-ring (bicyclic) bond motifs is 1. The minimum Gasteiger partial charge on any atom is -0.393 e. The van der Waals surface area contributed by atoms with E-state index in [1.165, 1.54) is 11.8 Å². The van der Waals surface area contributed by atoms with E-state index in [0.29, 0.717) is 18.2 Å². The number of aliphatic hydroxyl groups is 1. The molecular formula is C20H26N6O2. The van der Waals surface area contributed by atoms with E-state index in [-0.39, 0.29) is 23.8 Å². The Morgan fingerprint density at radius 2 is 2.07 bits per heavy atom. The third-order valence-electron chi connectivity index (χ3n) is 5.56. The van der Waals surface area contributed by atoms with E-state index in [0.717, 1.165) is 44.2 Å². The molecule has 8 heteroatoms. The average molecular weight is 382 g/mol. The second-order valence-electron chi connectivity index (χ2n) is 7.68. The molecule has 2 aromatic rings. The first-order valence-electron chi connectivity index (χ1n) is 9.89. The quantitative estimate of drug-likeness (QED) is 0.619. The normalized spacial score (nSPS) is 24.2. The summed E-state index contributed by atoms with van der Waals surface area (Å²) in [7, 11) is 0. The molecule has 2 heterocycles. The van der Waals surface area contributed by atoms with Crippen molar-refractivity contribution in [2.24, 2.45) is 5.73 Å². The number of carbonyl (C=O) groups is 1.